The fourth-order valence-electron chi connectivity index (χ4n) is 0.292. The molecule has 0 spiro atoms. The van der Waals surface area contributed by atoms with Crippen molar-refractivity contribution < 1.29 is 5.11 Å². The number of nitrogens with two attached hydrogens (primary N) is 2. The molecule has 0 heterocycles. The number of guanidine groups is 1. The summed E-state index contributed by atoms with van der Waals surface area (Å²) in [5.41, 5.74) is 10.1. The van der Waals surface area contributed by atoms with Crippen LogP contribution in [0.15, 0.2) is 4.99 Å². The molecule has 0 saturated heterocycles. The Morgan fingerprint density at radius 2 is 2.30 bits per heavy atom. The van der Waals surface area contributed by atoms with Crippen molar-refractivity contribution in [3.05, 3.63) is 0 Å². The van der Waals surface area contributed by atoms with Gasteiger partial charge in [-0.05, 0) is 0 Å². The van der Waals surface area contributed by atoms with Gasteiger partial charge < -0.3 is 16.6 Å². The maximum absolute atomic E-state index is 8.57. The fourth-order valence-corrected chi connectivity index (χ4v) is 0.875. The van der Waals surface area contributed by atoms with Gasteiger partial charge in [0.25, 0.3) is 0 Å². The second kappa shape index (κ2) is 5.37. The number of aliphatic hydroxyl groups excluding tert-OH is 1. The molecule has 60 valence electrons. The van der Waals surface area contributed by atoms with Gasteiger partial charge in [-0.15, -0.1) is 11.8 Å². The first-order valence-electron chi connectivity index (χ1n) is 2.94. The molecule has 0 aliphatic rings. The molecule has 4 nitrogen and oxygen atoms in total. The molecule has 0 fully saturated rings. The van der Waals surface area contributed by atoms with E-state index in [9.17, 15) is 0 Å². The van der Waals surface area contributed by atoms with Crippen LogP contribution in [-0.4, -0.2) is 28.8 Å². The zero-order valence-electron chi connectivity index (χ0n) is 5.95. The van der Waals surface area contributed by atoms with E-state index in [4.69, 9.17) is 16.6 Å². The van der Waals surface area contributed by atoms with Gasteiger partial charge in [-0.1, -0.05) is 6.92 Å². The molecular formula is C5H13N3OS. The van der Waals surface area contributed by atoms with Crippen LogP contribution >= 0.6 is 11.8 Å². The largest absolute Gasteiger partial charge is 0.395 e. The normalized spacial score (nSPS) is 12.6. The Hall–Kier alpha value is -0.420. The molecule has 0 bridgehead atoms. The fraction of sp³-hybridized carbons (Fsp3) is 0.800. The van der Waals surface area contributed by atoms with Crippen LogP contribution in [0.3, 0.4) is 0 Å². The molecule has 0 aromatic heterocycles. The van der Waals surface area contributed by atoms with Gasteiger partial charge in [-0.25, -0.2) is 4.99 Å². The third-order valence-corrected chi connectivity index (χ3v) is 1.86. The van der Waals surface area contributed by atoms with Gasteiger partial charge in [0.2, 0.25) is 0 Å². The molecule has 1 atom stereocenters. The van der Waals surface area contributed by atoms with Gasteiger partial charge in [-0.3, -0.25) is 0 Å². The maximum atomic E-state index is 8.57. The summed E-state index contributed by atoms with van der Waals surface area (Å²) in [4.78, 5) is 3.74. The Bertz CT molecular complexity index is 113. The van der Waals surface area contributed by atoms with Crippen LogP contribution in [0.4, 0.5) is 0 Å². The van der Waals surface area contributed by atoms with Crippen molar-refractivity contribution in [2.24, 2.45) is 16.5 Å². The first-order valence-corrected chi connectivity index (χ1v) is 3.99. The monoisotopic (exact) mass is 163 g/mol. The average Bonchev–Trinajstić information content (AvgIpc) is 1.87. The molecule has 0 saturated carbocycles. The highest BCUT2D eigenvalue weighted by Gasteiger charge is 1.97. The number of hydrogen-bond donors (Lipinski definition) is 3. The van der Waals surface area contributed by atoms with Crippen molar-refractivity contribution in [3.8, 4) is 0 Å². The lowest BCUT2D eigenvalue weighted by molar-refractivity contribution is 0.300. The molecule has 0 aliphatic carbocycles. The van der Waals surface area contributed by atoms with Gasteiger partial charge in [0, 0.05) is 5.25 Å². The number of aliphatic hydroxyl groups is 1. The van der Waals surface area contributed by atoms with Crippen molar-refractivity contribution in [1.82, 2.24) is 0 Å². The third kappa shape index (κ3) is 5.71. The molecule has 10 heavy (non-hydrogen) atoms. The molecule has 5 N–H and O–H groups in total. The minimum Gasteiger partial charge on any atom is -0.395 e. The van der Waals surface area contributed by atoms with Crippen LogP contribution < -0.4 is 11.5 Å². The first kappa shape index (κ1) is 9.58. The number of thioether (sulfide) groups is 1. The highest BCUT2D eigenvalue weighted by molar-refractivity contribution is 7.99. The molecule has 0 aromatic carbocycles. The highest BCUT2D eigenvalue weighted by atomic mass is 32.2. The third-order valence-electron chi connectivity index (χ3n) is 0.863. The van der Waals surface area contributed by atoms with Crippen LogP contribution in [0.2, 0.25) is 0 Å². The summed E-state index contributed by atoms with van der Waals surface area (Å²) in [6.07, 6.45) is 0. The first-order chi connectivity index (χ1) is 4.66. The molecule has 5 heteroatoms. The number of hydrogen-bond acceptors (Lipinski definition) is 3. The zero-order valence-corrected chi connectivity index (χ0v) is 6.77. The topological polar surface area (TPSA) is 84.6 Å². The predicted molar refractivity (Wildman–Crippen MR) is 44.8 cm³/mol. The summed E-state index contributed by atoms with van der Waals surface area (Å²) in [7, 11) is 0. The van der Waals surface area contributed by atoms with E-state index in [2.05, 4.69) is 4.99 Å². The van der Waals surface area contributed by atoms with Crippen LogP contribution in [0.25, 0.3) is 0 Å². The van der Waals surface area contributed by atoms with E-state index in [1.807, 2.05) is 6.92 Å². The lowest BCUT2D eigenvalue weighted by atomic mass is 10.5. The van der Waals surface area contributed by atoms with E-state index < -0.39 is 0 Å². The minimum atomic E-state index is 0.0950. The number of rotatable bonds is 4. The second-order valence-corrected chi connectivity index (χ2v) is 3.27. The second-order valence-electron chi connectivity index (χ2n) is 1.87. The van der Waals surface area contributed by atoms with Gasteiger partial charge in [0.1, 0.15) is 0 Å². The van der Waals surface area contributed by atoms with Crippen LogP contribution in [-0.2, 0) is 0 Å². The lowest BCUT2D eigenvalue weighted by Crippen LogP contribution is -2.22. The lowest BCUT2D eigenvalue weighted by Gasteiger charge is -2.03. The Kier molecular flexibility index (Phi) is 5.15. The Balaban J connectivity index is 3.28. The van der Waals surface area contributed by atoms with Crippen LogP contribution in [0, 0.1) is 0 Å². The summed E-state index contributed by atoms with van der Waals surface area (Å²) in [6.45, 7) is 2.07. The molecule has 0 rings (SSSR count). The van der Waals surface area contributed by atoms with Gasteiger partial charge in [0.05, 0.1) is 12.5 Å². The molecule has 0 aliphatic heterocycles. The molecule has 1 unspecified atom stereocenters. The van der Waals surface area contributed by atoms with Gasteiger partial charge in [0.15, 0.2) is 5.96 Å². The van der Waals surface area contributed by atoms with E-state index in [-0.39, 0.29) is 17.8 Å². The van der Waals surface area contributed by atoms with Crippen molar-refractivity contribution in [1.29, 1.82) is 0 Å². The van der Waals surface area contributed by atoms with Crippen molar-refractivity contribution in [3.63, 3.8) is 0 Å². The standard InChI is InChI=1S/C5H13N3OS/c1-4(2-9)10-3-8-5(6)7/h4,9H,2-3H2,1H3,(H4,6,7,8). The Morgan fingerprint density at radius 1 is 1.70 bits per heavy atom. The Morgan fingerprint density at radius 3 is 2.70 bits per heavy atom. The van der Waals surface area contributed by atoms with Crippen molar-refractivity contribution in [2.75, 3.05) is 12.5 Å². The quantitative estimate of drug-likeness (QED) is 0.379. The predicted octanol–water partition coefficient (Wildman–Crippen LogP) is -0.669. The summed E-state index contributed by atoms with van der Waals surface area (Å²) in [6, 6.07) is 0. The molecule has 0 amide bonds. The van der Waals surface area contributed by atoms with E-state index in [1.54, 1.807) is 0 Å². The number of nitrogens with zero attached hydrogens (tertiary/aromatic N) is 1. The SMILES string of the molecule is CC(CO)SCN=C(N)N. The zero-order chi connectivity index (χ0) is 7.98. The summed E-state index contributed by atoms with van der Waals surface area (Å²) >= 11 is 1.51. The van der Waals surface area contributed by atoms with E-state index in [1.165, 1.54) is 11.8 Å². The van der Waals surface area contributed by atoms with Crippen LogP contribution in [0.5, 0.6) is 0 Å². The van der Waals surface area contributed by atoms with Crippen molar-refractivity contribution in [2.45, 2.75) is 12.2 Å². The smallest absolute Gasteiger partial charge is 0.186 e. The molecular weight excluding hydrogens is 150 g/mol. The van der Waals surface area contributed by atoms with Crippen LogP contribution in [0.1, 0.15) is 6.92 Å². The summed E-state index contributed by atoms with van der Waals surface area (Å²) in [5.74, 6) is 0.613. The van der Waals surface area contributed by atoms with E-state index in [0.29, 0.717) is 5.88 Å². The maximum Gasteiger partial charge on any atom is 0.186 e. The van der Waals surface area contributed by atoms with E-state index in [0.717, 1.165) is 0 Å². The summed E-state index contributed by atoms with van der Waals surface area (Å²) < 4.78 is 0. The summed E-state index contributed by atoms with van der Waals surface area (Å²) in [5, 5.41) is 8.77. The highest BCUT2D eigenvalue weighted by Crippen LogP contribution is 2.08. The Labute approximate surface area is 64.7 Å². The van der Waals surface area contributed by atoms with E-state index >= 15 is 0 Å². The molecule has 0 aromatic rings. The average molecular weight is 163 g/mol. The number of aliphatic imine (C=N–C) groups is 1. The minimum absolute atomic E-state index is 0.0950. The van der Waals surface area contributed by atoms with Gasteiger partial charge >= 0.3 is 0 Å². The van der Waals surface area contributed by atoms with Crippen molar-refractivity contribution >= 4 is 17.7 Å². The van der Waals surface area contributed by atoms with Gasteiger partial charge in [-0.2, -0.15) is 0 Å². The molecule has 0 radical (unpaired) electrons.